The molecular weight excluding hydrogens is 194 g/mol. The van der Waals surface area contributed by atoms with Crippen LogP contribution in [0.2, 0.25) is 0 Å². The van der Waals surface area contributed by atoms with Crippen LogP contribution < -0.4 is 5.32 Å². The fraction of sp³-hybridized carbons (Fsp3) is 1.00. The van der Waals surface area contributed by atoms with E-state index in [4.69, 9.17) is 14.2 Å². The van der Waals surface area contributed by atoms with Crippen molar-refractivity contribution >= 4 is 0 Å². The topological polar surface area (TPSA) is 39.7 Å². The van der Waals surface area contributed by atoms with Crippen LogP contribution in [0, 0.1) is 0 Å². The number of hydrogen-bond donors (Lipinski definition) is 1. The highest BCUT2D eigenvalue weighted by Gasteiger charge is 2.13. The molecule has 0 aromatic rings. The summed E-state index contributed by atoms with van der Waals surface area (Å²) in [6, 6.07) is 0. The molecule has 1 rings (SSSR count). The zero-order chi connectivity index (χ0) is 11.1. The van der Waals surface area contributed by atoms with Gasteiger partial charge in [0.05, 0.1) is 38.1 Å². The Balaban J connectivity index is 1.92. The summed E-state index contributed by atoms with van der Waals surface area (Å²) in [6.07, 6.45) is 0.202. The Kier molecular flexibility index (Phi) is 5.53. The maximum Gasteiger partial charge on any atom is 0.0933 e. The molecule has 0 saturated carbocycles. The Morgan fingerprint density at radius 1 is 1.33 bits per heavy atom. The summed E-state index contributed by atoms with van der Waals surface area (Å²) in [7, 11) is 0. The molecule has 1 fully saturated rings. The summed E-state index contributed by atoms with van der Waals surface area (Å²) in [6.45, 7) is 10.7. The van der Waals surface area contributed by atoms with Gasteiger partial charge in [0.15, 0.2) is 0 Å². The molecule has 1 aliphatic rings. The fourth-order valence-corrected chi connectivity index (χ4v) is 1.35. The fourth-order valence-electron chi connectivity index (χ4n) is 1.35. The van der Waals surface area contributed by atoms with E-state index < -0.39 is 0 Å². The Hall–Kier alpha value is -0.160. The third kappa shape index (κ3) is 6.84. The van der Waals surface area contributed by atoms with Crippen LogP contribution in [0.25, 0.3) is 0 Å². The summed E-state index contributed by atoms with van der Waals surface area (Å²) in [5, 5.41) is 3.26. The van der Waals surface area contributed by atoms with Gasteiger partial charge in [0.1, 0.15) is 0 Å². The second-order valence-electron chi connectivity index (χ2n) is 4.73. The highest BCUT2D eigenvalue weighted by atomic mass is 16.6. The smallest absolute Gasteiger partial charge is 0.0933 e. The van der Waals surface area contributed by atoms with Gasteiger partial charge in [-0.15, -0.1) is 0 Å². The van der Waals surface area contributed by atoms with E-state index >= 15 is 0 Å². The van der Waals surface area contributed by atoms with Crippen LogP contribution in [0.15, 0.2) is 0 Å². The van der Waals surface area contributed by atoms with Gasteiger partial charge in [-0.3, -0.25) is 0 Å². The van der Waals surface area contributed by atoms with Crippen molar-refractivity contribution in [2.45, 2.75) is 32.5 Å². The zero-order valence-corrected chi connectivity index (χ0v) is 10.0. The molecule has 4 heteroatoms. The van der Waals surface area contributed by atoms with Crippen LogP contribution in [0.5, 0.6) is 0 Å². The molecule has 0 aromatic heterocycles. The molecule has 1 N–H and O–H groups in total. The lowest BCUT2D eigenvalue weighted by molar-refractivity contribution is -0.0651. The van der Waals surface area contributed by atoms with Crippen LogP contribution in [-0.2, 0) is 14.2 Å². The van der Waals surface area contributed by atoms with Gasteiger partial charge in [-0.1, -0.05) is 0 Å². The maximum atomic E-state index is 5.54. The predicted molar refractivity (Wildman–Crippen MR) is 59.1 cm³/mol. The van der Waals surface area contributed by atoms with E-state index in [1.807, 2.05) is 20.8 Å². The summed E-state index contributed by atoms with van der Waals surface area (Å²) in [5.74, 6) is 0. The normalized spacial score (nSPS) is 23.0. The van der Waals surface area contributed by atoms with Crippen LogP contribution in [0.4, 0.5) is 0 Å². The number of ether oxygens (including phenoxy) is 3. The van der Waals surface area contributed by atoms with E-state index in [-0.39, 0.29) is 11.7 Å². The first-order valence-corrected chi connectivity index (χ1v) is 5.62. The van der Waals surface area contributed by atoms with Crippen molar-refractivity contribution < 1.29 is 14.2 Å². The summed E-state index contributed by atoms with van der Waals surface area (Å²) >= 11 is 0. The van der Waals surface area contributed by atoms with Crippen LogP contribution in [0.1, 0.15) is 20.8 Å². The van der Waals surface area contributed by atoms with Crippen LogP contribution >= 0.6 is 0 Å². The van der Waals surface area contributed by atoms with Gasteiger partial charge in [-0.25, -0.2) is 0 Å². The van der Waals surface area contributed by atoms with Crippen LogP contribution in [0.3, 0.4) is 0 Å². The third-order valence-electron chi connectivity index (χ3n) is 2.07. The van der Waals surface area contributed by atoms with E-state index in [1.54, 1.807) is 0 Å². The molecule has 1 atom stereocenters. The van der Waals surface area contributed by atoms with Crippen molar-refractivity contribution in [3.8, 4) is 0 Å². The summed E-state index contributed by atoms with van der Waals surface area (Å²) < 4.78 is 16.5. The number of nitrogens with one attached hydrogen (secondary N) is 1. The van der Waals surface area contributed by atoms with Gasteiger partial charge < -0.3 is 19.5 Å². The monoisotopic (exact) mass is 217 g/mol. The quantitative estimate of drug-likeness (QED) is 0.692. The lowest BCUT2D eigenvalue weighted by Gasteiger charge is -2.24. The van der Waals surface area contributed by atoms with Crippen molar-refractivity contribution in [2.24, 2.45) is 0 Å². The van der Waals surface area contributed by atoms with E-state index in [9.17, 15) is 0 Å². The number of rotatable bonds is 5. The van der Waals surface area contributed by atoms with Gasteiger partial charge in [0.2, 0.25) is 0 Å². The minimum Gasteiger partial charge on any atom is -0.376 e. The first-order chi connectivity index (χ1) is 7.08. The maximum absolute atomic E-state index is 5.54. The van der Waals surface area contributed by atoms with Gasteiger partial charge in [-0.2, -0.15) is 0 Å². The van der Waals surface area contributed by atoms with Crippen molar-refractivity contribution in [3.63, 3.8) is 0 Å². The van der Waals surface area contributed by atoms with Crippen molar-refractivity contribution in [1.29, 1.82) is 0 Å². The highest BCUT2D eigenvalue weighted by Crippen LogP contribution is 2.05. The molecule has 1 unspecified atom stereocenters. The summed E-state index contributed by atoms with van der Waals surface area (Å²) in [4.78, 5) is 0. The Morgan fingerprint density at radius 2 is 2.13 bits per heavy atom. The van der Waals surface area contributed by atoms with Gasteiger partial charge in [-0.05, 0) is 20.8 Å². The van der Waals surface area contributed by atoms with Gasteiger partial charge in [0, 0.05) is 13.1 Å². The Morgan fingerprint density at radius 3 is 2.73 bits per heavy atom. The molecule has 0 amide bonds. The van der Waals surface area contributed by atoms with Crippen LogP contribution in [-0.4, -0.2) is 51.2 Å². The van der Waals surface area contributed by atoms with Gasteiger partial charge in [0.25, 0.3) is 0 Å². The molecule has 4 nitrogen and oxygen atoms in total. The van der Waals surface area contributed by atoms with E-state index in [1.165, 1.54) is 0 Å². The number of morpholine rings is 1. The van der Waals surface area contributed by atoms with E-state index in [0.29, 0.717) is 19.8 Å². The molecule has 0 aromatic carbocycles. The molecule has 90 valence electrons. The number of hydrogen-bond acceptors (Lipinski definition) is 4. The molecule has 1 aliphatic heterocycles. The van der Waals surface area contributed by atoms with E-state index in [2.05, 4.69) is 5.32 Å². The highest BCUT2D eigenvalue weighted by molar-refractivity contribution is 4.66. The molecule has 0 spiro atoms. The molecule has 0 radical (unpaired) electrons. The average molecular weight is 217 g/mol. The molecular formula is C11H23NO3. The lowest BCUT2D eigenvalue weighted by Crippen LogP contribution is -2.41. The third-order valence-corrected chi connectivity index (χ3v) is 2.07. The Labute approximate surface area is 92.3 Å². The first kappa shape index (κ1) is 12.9. The largest absolute Gasteiger partial charge is 0.376 e. The minimum atomic E-state index is -0.0771. The second kappa shape index (κ2) is 6.43. The molecule has 1 saturated heterocycles. The van der Waals surface area contributed by atoms with Crippen molar-refractivity contribution in [2.75, 3.05) is 39.5 Å². The average Bonchev–Trinajstić information content (AvgIpc) is 2.17. The first-order valence-electron chi connectivity index (χ1n) is 5.62. The van der Waals surface area contributed by atoms with Gasteiger partial charge >= 0.3 is 0 Å². The molecule has 15 heavy (non-hydrogen) atoms. The van der Waals surface area contributed by atoms with Crippen molar-refractivity contribution in [1.82, 2.24) is 5.32 Å². The molecule has 0 aliphatic carbocycles. The predicted octanol–water partition coefficient (Wildman–Crippen LogP) is 0.806. The van der Waals surface area contributed by atoms with Crippen molar-refractivity contribution in [3.05, 3.63) is 0 Å². The molecule has 1 heterocycles. The van der Waals surface area contributed by atoms with E-state index in [0.717, 1.165) is 19.7 Å². The summed E-state index contributed by atoms with van der Waals surface area (Å²) in [5.41, 5.74) is -0.0771. The minimum absolute atomic E-state index is 0.0771. The lowest BCUT2D eigenvalue weighted by atomic mass is 10.2. The SMILES string of the molecule is CC(C)(C)OCCOCC1CNCCO1. The zero-order valence-electron chi connectivity index (χ0n) is 10.0. The molecule has 0 bridgehead atoms. The Bertz CT molecular complexity index is 162. The second-order valence-corrected chi connectivity index (χ2v) is 4.73. The standard InChI is InChI=1S/C11H23NO3/c1-11(2,3)15-7-6-13-9-10-8-12-4-5-14-10/h10,12H,4-9H2,1-3H3.